The van der Waals surface area contributed by atoms with Crippen molar-refractivity contribution in [2.45, 2.75) is 115 Å². The first-order valence-corrected chi connectivity index (χ1v) is 14.8. The Morgan fingerprint density at radius 2 is 1.37 bits per heavy atom. The number of hydrogen-bond acceptors (Lipinski definition) is 0. The molecule has 1 aromatic rings. The molecule has 27 heavy (non-hydrogen) atoms. The van der Waals surface area contributed by atoms with Gasteiger partial charge in [0.2, 0.25) is 0 Å². The first-order chi connectivity index (χ1) is 13.3. The van der Waals surface area contributed by atoms with Crippen LogP contribution in [0, 0.1) is 11.8 Å². The minimum Gasteiger partial charge on any atom is -0.0657 e. The molecule has 0 bridgehead atoms. The Labute approximate surface area is 171 Å². The maximum absolute atomic E-state index is 2.40. The second-order valence-corrected chi connectivity index (χ2v) is 13.2. The van der Waals surface area contributed by atoms with Crippen molar-refractivity contribution < 1.29 is 0 Å². The fourth-order valence-electron chi connectivity index (χ4n) is 5.89. The lowest BCUT2D eigenvalue weighted by atomic mass is 9.77. The average molecular weight is 385 g/mol. The van der Waals surface area contributed by atoms with E-state index in [-0.39, 0.29) is 8.80 Å². The molecule has 0 radical (unpaired) electrons. The van der Waals surface area contributed by atoms with Gasteiger partial charge in [0.15, 0.2) is 0 Å². The first-order valence-electron chi connectivity index (χ1n) is 12.4. The Balaban J connectivity index is 1.26. The third kappa shape index (κ3) is 6.77. The van der Waals surface area contributed by atoms with Crippen LogP contribution in [0.1, 0.15) is 102 Å². The van der Waals surface area contributed by atoms with Crippen LogP contribution in [-0.2, 0) is 6.42 Å². The van der Waals surface area contributed by atoms with Gasteiger partial charge in [-0.2, -0.15) is 0 Å². The van der Waals surface area contributed by atoms with Gasteiger partial charge >= 0.3 is 0 Å². The molecule has 0 spiro atoms. The number of rotatable bonds is 9. The molecule has 1 saturated heterocycles. The van der Waals surface area contributed by atoms with E-state index in [9.17, 15) is 0 Å². The van der Waals surface area contributed by atoms with Crippen LogP contribution >= 0.6 is 0 Å². The van der Waals surface area contributed by atoms with Gasteiger partial charge in [-0.25, -0.2) is 0 Å². The molecule has 1 aromatic carbocycles. The fraction of sp³-hybridized carbons (Fsp3) is 0.769. The van der Waals surface area contributed by atoms with Crippen LogP contribution in [-0.4, -0.2) is 8.80 Å². The number of unbranched alkanes of at least 4 members (excludes halogenated alkanes) is 1. The molecule has 0 nitrogen and oxygen atoms in total. The topological polar surface area (TPSA) is 0 Å². The van der Waals surface area contributed by atoms with E-state index in [2.05, 4.69) is 38.1 Å². The Bertz CT molecular complexity index is 504. The fourth-order valence-corrected chi connectivity index (χ4v) is 9.46. The minimum absolute atomic E-state index is 0.266. The molecule has 0 aromatic heterocycles. The first kappa shape index (κ1) is 21.2. The van der Waals surface area contributed by atoms with Crippen LogP contribution in [0.25, 0.3) is 0 Å². The summed E-state index contributed by atoms with van der Waals surface area (Å²) in [6.07, 6.45) is 17.7. The molecule has 2 fully saturated rings. The van der Waals surface area contributed by atoms with Gasteiger partial charge in [0, 0.05) is 8.80 Å². The highest BCUT2D eigenvalue weighted by atomic mass is 28.3. The Kier molecular flexibility index (Phi) is 8.96. The molecule has 0 atom stereocenters. The Morgan fingerprint density at radius 1 is 0.778 bits per heavy atom. The number of benzene rings is 1. The summed E-state index contributed by atoms with van der Waals surface area (Å²) in [5, 5.41) is 0. The summed E-state index contributed by atoms with van der Waals surface area (Å²) in [5.74, 6) is 2.98. The summed E-state index contributed by atoms with van der Waals surface area (Å²) in [6.45, 7) is 4.63. The summed E-state index contributed by atoms with van der Waals surface area (Å²) >= 11 is 0. The molecule has 1 aliphatic heterocycles. The molecular formula is C26H44Si. The predicted octanol–water partition coefficient (Wildman–Crippen LogP) is 8.13. The molecule has 1 heterocycles. The van der Waals surface area contributed by atoms with E-state index in [1.54, 1.807) is 43.0 Å². The highest BCUT2D eigenvalue weighted by Crippen LogP contribution is 2.38. The molecular weight excluding hydrogens is 340 g/mol. The van der Waals surface area contributed by atoms with Crippen LogP contribution in [0.5, 0.6) is 0 Å². The molecule has 1 saturated carbocycles. The van der Waals surface area contributed by atoms with Crippen LogP contribution in [0.4, 0.5) is 0 Å². The summed E-state index contributed by atoms with van der Waals surface area (Å²) in [5.41, 5.74) is 3.08. The maximum Gasteiger partial charge on any atom is 0.0367 e. The Hall–Kier alpha value is -0.563. The zero-order valence-electron chi connectivity index (χ0n) is 18.2. The van der Waals surface area contributed by atoms with E-state index in [0.29, 0.717) is 0 Å². The van der Waals surface area contributed by atoms with E-state index < -0.39 is 0 Å². The molecule has 1 heteroatoms. The van der Waals surface area contributed by atoms with Gasteiger partial charge in [-0.3, -0.25) is 0 Å². The highest BCUT2D eigenvalue weighted by molar-refractivity contribution is 6.58. The van der Waals surface area contributed by atoms with Crippen LogP contribution in [0.2, 0.25) is 18.1 Å². The largest absolute Gasteiger partial charge is 0.0657 e. The number of hydrogen-bond donors (Lipinski definition) is 0. The van der Waals surface area contributed by atoms with E-state index in [1.165, 1.54) is 56.9 Å². The van der Waals surface area contributed by atoms with Gasteiger partial charge in [0.1, 0.15) is 0 Å². The molecule has 3 rings (SSSR count). The van der Waals surface area contributed by atoms with Gasteiger partial charge in [0.25, 0.3) is 0 Å². The van der Waals surface area contributed by atoms with E-state index in [0.717, 1.165) is 24.2 Å². The van der Waals surface area contributed by atoms with Crippen LogP contribution in [0.15, 0.2) is 24.3 Å². The zero-order valence-corrected chi connectivity index (χ0v) is 19.4. The van der Waals surface area contributed by atoms with Crippen LogP contribution in [0.3, 0.4) is 0 Å². The van der Waals surface area contributed by atoms with Crippen molar-refractivity contribution in [2.24, 2.45) is 11.8 Å². The average Bonchev–Trinajstić information content (AvgIpc) is 2.73. The lowest BCUT2D eigenvalue weighted by Crippen LogP contribution is -2.21. The molecule has 2 aliphatic rings. The van der Waals surface area contributed by atoms with Gasteiger partial charge in [-0.15, -0.1) is 0 Å². The third-order valence-electron chi connectivity index (χ3n) is 7.84. The SMILES string of the molecule is CCC[Si@H]1CC[C@H](CCCC[C@H]2CC[C@H](c3ccc(CC)cc3)CC2)CC1. The standard InChI is InChI=1S/C26H44Si/c1-3-19-27-20-17-24(18-21-27)8-6-5-7-23-11-15-26(16-12-23)25-13-9-22(4-2)10-14-25/h9-10,13-14,23-24,26-27H,3-8,11-12,15-21H2,1-2H3/t23-,24-,26-,27-. The van der Waals surface area contributed by atoms with Crippen molar-refractivity contribution in [3.05, 3.63) is 35.4 Å². The molecule has 0 unspecified atom stereocenters. The monoisotopic (exact) mass is 384 g/mol. The lowest BCUT2D eigenvalue weighted by Gasteiger charge is -2.29. The predicted molar refractivity (Wildman–Crippen MR) is 124 cm³/mol. The van der Waals surface area contributed by atoms with E-state index >= 15 is 0 Å². The van der Waals surface area contributed by atoms with Crippen molar-refractivity contribution in [3.8, 4) is 0 Å². The molecule has 1 aliphatic carbocycles. The summed E-state index contributed by atoms with van der Waals surface area (Å²) in [6, 6.07) is 14.5. The molecule has 152 valence electrons. The smallest absolute Gasteiger partial charge is 0.0367 e. The zero-order chi connectivity index (χ0) is 18.9. The molecule has 0 amide bonds. The molecule has 0 N–H and O–H groups in total. The number of aryl methyl sites for hydroxylation is 1. The second kappa shape index (κ2) is 11.4. The van der Waals surface area contributed by atoms with Crippen LogP contribution < -0.4 is 0 Å². The highest BCUT2D eigenvalue weighted by Gasteiger charge is 2.23. The van der Waals surface area contributed by atoms with Crippen molar-refractivity contribution >= 4 is 8.80 Å². The summed E-state index contributed by atoms with van der Waals surface area (Å²) in [7, 11) is -0.266. The normalized spacial score (nSPS) is 29.0. The third-order valence-corrected chi connectivity index (χ3v) is 11.5. The quantitative estimate of drug-likeness (QED) is 0.298. The minimum atomic E-state index is -0.266. The van der Waals surface area contributed by atoms with Crippen molar-refractivity contribution in [2.75, 3.05) is 0 Å². The second-order valence-electron chi connectivity index (χ2n) is 9.77. The van der Waals surface area contributed by atoms with Gasteiger partial charge in [-0.1, -0.05) is 101 Å². The van der Waals surface area contributed by atoms with Crippen molar-refractivity contribution in [1.82, 2.24) is 0 Å². The Morgan fingerprint density at radius 3 is 1.93 bits per heavy atom. The summed E-state index contributed by atoms with van der Waals surface area (Å²) in [4.78, 5) is 0. The van der Waals surface area contributed by atoms with E-state index in [4.69, 9.17) is 0 Å². The summed E-state index contributed by atoms with van der Waals surface area (Å²) < 4.78 is 0. The van der Waals surface area contributed by atoms with Gasteiger partial charge < -0.3 is 0 Å². The van der Waals surface area contributed by atoms with Crippen molar-refractivity contribution in [1.29, 1.82) is 0 Å². The van der Waals surface area contributed by atoms with Crippen molar-refractivity contribution in [3.63, 3.8) is 0 Å². The van der Waals surface area contributed by atoms with E-state index in [1.807, 2.05) is 0 Å². The van der Waals surface area contributed by atoms with Gasteiger partial charge in [0.05, 0.1) is 0 Å². The van der Waals surface area contributed by atoms with Gasteiger partial charge in [-0.05, 0) is 61.0 Å². The lowest BCUT2D eigenvalue weighted by molar-refractivity contribution is 0.297. The maximum atomic E-state index is 2.40.